The van der Waals surface area contributed by atoms with Crippen LogP contribution in [0.2, 0.25) is 0 Å². The second kappa shape index (κ2) is 10.9. The van der Waals surface area contributed by atoms with E-state index in [9.17, 15) is 0 Å². The topological polar surface area (TPSA) is 104 Å². The molecule has 0 spiro atoms. The second-order valence-electron chi connectivity index (χ2n) is 11.5. The van der Waals surface area contributed by atoms with Crippen molar-refractivity contribution in [1.29, 1.82) is 0 Å². The van der Waals surface area contributed by atoms with Crippen molar-refractivity contribution in [1.82, 2.24) is 29.9 Å². The van der Waals surface area contributed by atoms with E-state index in [1.165, 1.54) is 0 Å². The van der Waals surface area contributed by atoms with Gasteiger partial charge in [0.25, 0.3) is 0 Å². The van der Waals surface area contributed by atoms with E-state index >= 15 is 0 Å². The van der Waals surface area contributed by atoms with Crippen LogP contribution in [0.4, 0.5) is 0 Å². The molecule has 0 aliphatic carbocycles. The van der Waals surface area contributed by atoms with Crippen molar-refractivity contribution in [2.45, 2.75) is 27.7 Å². The Hall–Kier alpha value is -6.02. The third-order valence-electron chi connectivity index (χ3n) is 8.07. The molecule has 8 nitrogen and oxygen atoms in total. The van der Waals surface area contributed by atoms with Crippen LogP contribution in [-0.4, -0.2) is 29.9 Å². The first-order valence-corrected chi connectivity index (χ1v) is 15.0. The molecule has 0 radical (unpaired) electrons. The maximum Gasteiger partial charge on any atom is 0.247 e. The minimum Gasteiger partial charge on any atom is -0.433 e. The number of rotatable bonds is 5. The highest BCUT2D eigenvalue weighted by Crippen LogP contribution is 2.32. The summed E-state index contributed by atoms with van der Waals surface area (Å²) in [5, 5.41) is 0. The van der Waals surface area contributed by atoms with Gasteiger partial charge in [0.15, 0.2) is 22.5 Å². The number of hydrogen-bond acceptors (Lipinski definition) is 8. The van der Waals surface area contributed by atoms with Crippen LogP contribution in [0.5, 0.6) is 0 Å². The molecular formula is C38H28N6O2. The van der Waals surface area contributed by atoms with Gasteiger partial charge in [0, 0.05) is 22.5 Å². The fourth-order valence-corrected chi connectivity index (χ4v) is 5.57. The Bertz CT molecular complexity index is 2240. The van der Waals surface area contributed by atoms with E-state index in [1.54, 1.807) is 0 Å². The van der Waals surface area contributed by atoms with Crippen molar-refractivity contribution in [3.63, 3.8) is 0 Å². The van der Waals surface area contributed by atoms with E-state index in [0.717, 1.165) is 56.2 Å². The molecule has 222 valence electrons. The van der Waals surface area contributed by atoms with Crippen molar-refractivity contribution >= 4 is 22.5 Å². The number of aromatic nitrogens is 6. The lowest BCUT2D eigenvalue weighted by Gasteiger charge is -2.10. The molecular weight excluding hydrogens is 572 g/mol. The molecule has 6 aromatic heterocycles. The van der Waals surface area contributed by atoms with Gasteiger partial charge in [-0.15, -0.1) is 0 Å². The Balaban J connectivity index is 1.05. The largest absolute Gasteiger partial charge is 0.433 e. The number of oxazole rings is 2. The number of pyridine rings is 4. The first kappa shape index (κ1) is 27.5. The predicted molar refractivity (Wildman–Crippen MR) is 179 cm³/mol. The van der Waals surface area contributed by atoms with Crippen molar-refractivity contribution in [2.75, 3.05) is 0 Å². The van der Waals surface area contributed by atoms with E-state index in [-0.39, 0.29) is 0 Å². The van der Waals surface area contributed by atoms with Crippen molar-refractivity contribution < 1.29 is 8.83 Å². The van der Waals surface area contributed by atoms with E-state index in [1.807, 2.05) is 62.4 Å². The van der Waals surface area contributed by atoms with E-state index < -0.39 is 0 Å². The van der Waals surface area contributed by atoms with Gasteiger partial charge >= 0.3 is 0 Å². The summed E-state index contributed by atoms with van der Waals surface area (Å²) < 4.78 is 11.9. The quantitative estimate of drug-likeness (QED) is 0.193. The Morgan fingerprint density at radius 1 is 0.370 bits per heavy atom. The molecule has 8 heteroatoms. The third kappa shape index (κ3) is 4.99. The number of nitrogens with zero attached hydrogens (tertiary/aromatic N) is 6. The summed E-state index contributed by atoms with van der Waals surface area (Å²) >= 11 is 0. The van der Waals surface area contributed by atoms with Crippen LogP contribution >= 0.6 is 0 Å². The molecule has 0 fully saturated rings. The van der Waals surface area contributed by atoms with Gasteiger partial charge in [-0.3, -0.25) is 0 Å². The lowest BCUT2D eigenvalue weighted by atomic mass is 9.98. The monoisotopic (exact) mass is 600 g/mol. The molecule has 46 heavy (non-hydrogen) atoms. The number of hydrogen-bond donors (Lipinski definition) is 0. The van der Waals surface area contributed by atoms with Crippen molar-refractivity contribution in [3.05, 3.63) is 120 Å². The lowest BCUT2D eigenvalue weighted by molar-refractivity contribution is 0.616. The molecule has 0 aliphatic heterocycles. The number of benzene rings is 2. The first-order chi connectivity index (χ1) is 22.4. The zero-order valence-electron chi connectivity index (χ0n) is 25.7. The Morgan fingerprint density at radius 2 is 0.761 bits per heavy atom. The van der Waals surface area contributed by atoms with Gasteiger partial charge in [-0.2, -0.15) is 9.97 Å². The maximum atomic E-state index is 5.96. The zero-order valence-corrected chi connectivity index (χ0v) is 25.7. The van der Waals surface area contributed by atoms with Crippen LogP contribution in [0.3, 0.4) is 0 Å². The highest BCUT2D eigenvalue weighted by Gasteiger charge is 2.15. The van der Waals surface area contributed by atoms with Crippen LogP contribution < -0.4 is 0 Å². The van der Waals surface area contributed by atoms with Gasteiger partial charge in [0.2, 0.25) is 11.8 Å². The van der Waals surface area contributed by atoms with Crippen LogP contribution in [0.1, 0.15) is 22.5 Å². The standard InChI is InChI=1S/C38H28N6O2/c1-21-5-17-29(37-43-35-31(45-37)19-7-23(3)39-35)41-33(21)27-13-9-25(10-14-27)26-11-15-28(16-12-26)34-22(2)6-18-30(42-34)38-44-36-32(46-38)20-8-24(4)40-36/h5-20H,1-4H3. The molecule has 6 heterocycles. The van der Waals surface area contributed by atoms with Crippen LogP contribution in [-0.2, 0) is 0 Å². The normalized spacial score (nSPS) is 11.5. The fraction of sp³-hybridized carbons (Fsp3) is 0.105. The summed E-state index contributed by atoms with van der Waals surface area (Å²) in [4.78, 5) is 27.9. The molecule has 0 aliphatic rings. The van der Waals surface area contributed by atoms with Crippen LogP contribution in [0.15, 0.2) is 106 Å². The number of fused-ring (bicyclic) bond motifs is 2. The molecule has 0 unspecified atom stereocenters. The second-order valence-corrected chi connectivity index (χ2v) is 11.5. The minimum absolute atomic E-state index is 0.460. The highest BCUT2D eigenvalue weighted by molar-refractivity contribution is 5.76. The molecule has 0 amide bonds. The maximum absolute atomic E-state index is 5.96. The molecule has 0 atom stereocenters. The van der Waals surface area contributed by atoms with E-state index in [4.69, 9.17) is 18.8 Å². The van der Waals surface area contributed by atoms with Crippen LogP contribution in [0.25, 0.3) is 79.3 Å². The highest BCUT2D eigenvalue weighted by atomic mass is 16.4. The molecule has 0 bridgehead atoms. The fourth-order valence-electron chi connectivity index (χ4n) is 5.57. The summed E-state index contributed by atoms with van der Waals surface area (Å²) in [6.45, 7) is 7.99. The molecule has 0 N–H and O–H groups in total. The lowest BCUT2D eigenvalue weighted by Crippen LogP contribution is -1.93. The van der Waals surface area contributed by atoms with Gasteiger partial charge in [-0.05, 0) is 86.3 Å². The molecule has 2 aromatic carbocycles. The molecule has 8 rings (SSSR count). The summed E-state index contributed by atoms with van der Waals surface area (Å²) in [6, 6.07) is 32.5. The summed E-state index contributed by atoms with van der Waals surface area (Å²) in [7, 11) is 0. The predicted octanol–water partition coefficient (Wildman–Crippen LogP) is 9.12. The van der Waals surface area contributed by atoms with E-state index in [2.05, 4.69) is 82.3 Å². The molecule has 0 saturated heterocycles. The minimum atomic E-state index is 0.460. The van der Waals surface area contributed by atoms with Gasteiger partial charge in [-0.25, -0.2) is 19.9 Å². The average Bonchev–Trinajstić information content (AvgIpc) is 3.69. The smallest absolute Gasteiger partial charge is 0.247 e. The van der Waals surface area contributed by atoms with Crippen LogP contribution in [0, 0.1) is 27.7 Å². The van der Waals surface area contributed by atoms with Gasteiger partial charge < -0.3 is 8.83 Å². The Kier molecular flexibility index (Phi) is 6.49. The SMILES string of the molecule is Cc1ccc2oc(-c3ccc(C)c(-c4ccc(-c5ccc(-c6nc(-c7nc8nc(C)ccc8o7)ccc6C)cc5)cc4)n3)nc2n1. The first-order valence-electron chi connectivity index (χ1n) is 15.0. The average molecular weight is 601 g/mol. The third-order valence-corrected chi connectivity index (χ3v) is 8.07. The summed E-state index contributed by atoms with van der Waals surface area (Å²) in [6.07, 6.45) is 0. The number of aryl methyl sites for hydroxylation is 4. The van der Waals surface area contributed by atoms with E-state index in [0.29, 0.717) is 45.6 Å². The van der Waals surface area contributed by atoms with Crippen molar-refractivity contribution in [3.8, 4) is 56.8 Å². The van der Waals surface area contributed by atoms with Crippen molar-refractivity contribution in [2.24, 2.45) is 0 Å². The van der Waals surface area contributed by atoms with Gasteiger partial charge in [0.05, 0.1) is 11.4 Å². The summed E-state index contributed by atoms with van der Waals surface area (Å²) in [5.74, 6) is 0.921. The zero-order chi connectivity index (χ0) is 31.4. The molecule has 0 saturated carbocycles. The summed E-state index contributed by atoms with van der Waals surface area (Å²) in [5.41, 5.74) is 13.8. The van der Waals surface area contributed by atoms with Gasteiger partial charge in [-0.1, -0.05) is 60.7 Å². The van der Waals surface area contributed by atoms with Gasteiger partial charge in [0.1, 0.15) is 11.4 Å². The Labute approximate surface area is 264 Å². The Morgan fingerprint density at radius 3 is 1.17 bits per heavy atom. The molecule has 8 aromatic rings.